The Labute approximate surface area is 110 Å². The largest absolute Gasteiger partial charge is 0.506 e. The smallest absolute Gasteiger partial charge is 0.273 e. The number of hydrogen-bond acceptors (Lipinski definition) is 5. The van der Waals surface area contributed by atoms with Crippen LogP contribution in [0.2, 0.25) is 0 Å². The van der Waals surface area contributed by atoms with Crippen LogP contribution in [0, 0.1) is 22.0 Å². The molecule has 1 aromatic carbocycles. The number of anilines is 1. The second-order valence-corrected chi connectivity index (χ2v) is 4.53. The molecular formula is C12H17N3O4. The Morgan fingerprint density at radius 2 is 2.16 bits per heavy atom. The third-order valence-corrected chi connectivity index (χ3v) is 2.85. The number of carbonyl (C=O) groups is 1. The van der Waals surface area contributed by atoms with Crippen molar-refractivity contribution in [2.75, 3.05) is 11.9 Å². The van der Waals surface area contributed by atoms with Crippen LogP contribution >= 0.6 is 0 Å². The first kappa shape index (κ1) is 14.9. The highest BCUT2D eigenvalue weighted by molar-refractivity contribution is 5.94. The zero-order valence-electron chi connectivity index (χ0n) is 10.8. The topological polar surface area (TPSA) is 118 Å². The van der Waals surface area contributed by atoms with E-state index in [-0.39, 0.29) is 41.4 Å². The number of amides is 1. The molecule has 0 saturated carbocycles. The highest BCUT2D eigenvalue weighted by atomic mass is 16.6. The first-order valence-electron chi connectivity index (χ1n) is 5.85. The molecule has 19 heavy (non-hydrogen) atoms. The Balaban J connectivity index is 2.88. The number of carbonyl (C=O) groups excluding carboxylic acids is 1. The average Bonchev–Trinajstić information content (AvgIpc) is 2.31. The fraction of sp³-hybridized carbons (Fsp3) is 0.417. The second kappa shape index (κ2) is 6.14. The van der Waals surface area contributed by atoms with Crippen molar-refractivity contribution < 1.29 is 14.8 Å². The van der Waals surface area contributed by atoms with Gasteiger partial charge in [-0.25, -0.2) is 0 Å². The van der Waals surface area contributed by atoms with Crippen LogP contribution in [0.3, 0.4) is 0 Å². The molecule has 0 radical (unpaired) electrons. The summed E-state index contributed by atoms with van der Waals surface area (Å²) < 4.78 is 0. The van der Waals surface area contributed by atoms with Gasteiger partial charge in [-0.1, -0.05) is 13.8 Å². The number of nitro benzene ring substituents is 1. The Kier molecular flexibility index (Phi) is 4.82. The van der Waals surface area contributed by atoms with E-state index in [0.717, 1.165) is 6.07 Å². The molecular weight excluding hydrogens is 250 g/mol. The van der Waals surface area contributed by atoms with Gasteiger partial charge in [0.1, 0.15) is 5.75 Å². The van der Waals surface area contributed by atoms with Crippen molar-refractivity contribution in [3.63, 3.8) is 0 Å². The number of hydrogen-bond donors (Lipinski definition) is 3. The van der Waals surface area contributed by atoms with Gasteiger partial charge in [0.05, 0.1) is 22.6 Å². The number of nitrogens with one attached hydrogen (secondary N) is 1. The predicted molar refractivity (Wildman–Crippen MR) is 70.8 cm³/mol. The SMILES string of the molecule is CC(C)C(CN)C(=O)Nc1ccc([N+](=O)[O-])cc1O. The molecule has 0 fully saturated rings. The van der Waals surface area contributed by atoms with Gasteiger partial charge in [0.15, 0.2) is 0 Å². The lowest BCUT2D eigenvalue weighted by Gasteiger charge is -2.18. The molecule has 1 amide bonds. The Bertz CT molecular complexity index is 488. The predicted octanol–water partition coefficient (Wildman–Crippen LogP) is 1.47. The van der Waals surface area contributed by atoms with E-state index in [9.17, 15) is 20.0 Å². The Morgan fingerprint density at radius 1 is 1.53 bits per heavy atom. The van der Waals surface area contributed by atoms with Crippen molar-refractivity contribution in [1.29, 1.82) is 0 Å². The molecule has 1 aromatic rings. The molecule has 7 heteroatoms. The molecule has 4 N–H and O–H groups in total. The van der Waals surface area contributed by atoms with Crippen LogP contribution in [0.5, 0.6) is 5.75 Å². The first-order valence-corrected chi connectivity index (χ1v) is 5.85. The van der Waals surface area contributed by atoms with E-state index in [1.807, 2.05) is 13.8 Å². The quantitative estimate of drug-likeness (QED) is 0.424. The number of rotatable bonds is 5. The summed E-state index contributed by atoms with van der Waals surface area (Å²) in [5.74, 6) is -0.983. The van der Waals surface area contributed by atoms with Gasteiger partial charge >= 0.3 is 0 Å². The van der Waals surface area contributed by atoms with Crippen molar-refractivity contribution in [1.82, 2.24) is 0 Å². The number of nitrogens with two attached hydrogens (primary N) is 1. The van der Waals surface area contributed by atoms with Crippen LogP contribution in [-0.2, 0) is 4.79 Å². The maximum absolute atomic E-state index is 11.9. The van der Waals surface area contributed by atoms with E-state index >= 15 is 0 Å². The lowest BCUT2D eigenvalue weighted by atomic mass is 9.95. The van der Waals surface area contributed by atoms with Crippen LogP contribution in [-0.4, -0.2) is 22.5 Å². The van der Waals surface area contributed by atoms with E-state index in [4.69, 9.17) is 5.73 Å². The van der Waals surface area contributed by atoms with E-state index in [1.165, 1.54) is 12.1 Å². The van der Waals surface area contributed by atoms with Crippen molar-refractivity contribution >= 4 is 17.3 Å². The monoisotopic (exact) mass is 267 g/mol. The number of phenols is 1. The molecule has 0 spiro atoms. The number of non-ortho nitro benzene ring substituents is 1. The van der Waals surface area contributed by atoms with Gasteiger partial charge in [-0.15, -0.1) is 0 Å². The van der Waals surface area contributed by atoms with Crippen molar-refractivity contribution in [3.05, 3.63) is 28.3 Å². The van der Waals surface area contributed by atoms with E-state index < -0.39 is 4.92 Å². The minimum Gasteiger partial charge on any atom is -0.506 e. The lowest BCUT2D eigenvalue weighted by molar-refractivity contribution is -0.384. The summed E-state index contributed by atoms with van der Waals surface area (Å²) in [6, 6.07) is 3.49. The van der Waals surface area contributed by atoms with Gasteiger partial charge in [-0.2, -0.15) is 0 Å². The fourth-order valence-electron chi connectivity index (χ4n) is 1.65. The van der Waals surface area contributed by atoms with Crippen LogP contribution < -0.4 is 11.1 Å². The highest BCUT2D eigenvalue weighted by Crippen LogP contribution is 2.28. The third kappa shape index (κ3) is 3.65. The van der Waals surface area contributed by atoms with Gasteiger partial charge in [-0.3, -0.25) is 14.9 Å². The van der Waals surface area contributed by atoms with Crippen molar-refractivity contribution in [3.8, 4) is 5.75 Å². The molecule has 104 valence electrons. The van der Waals surface area contributed by atoms with Crippen LogP contribution in [0.25, 0.3) is 0 Å². The minimum atomic E-state index is -0.623. The summed E-state index contributed by atoms with van der Waals surface area (Å²) in [7, 11) is 0. The maximum Gasteiger partial charge on any atom is 0.273 e. The van der Waals surface area contributed by atoms with Gasteiger partial charge in [0, 0.05) is 12.6 Å². The van der Waals surface area contributed by atoms with Gasteiger partial charge < -0.3 is 16.2 Å². The Hall–Kier alpha value is -2.15. The van der Waals surface area contributed by atoms with Crippen LogP contribution in [0.1, 0.15) is 13.8 Å². The summed E-state index contributed by atoms with van der Waals surface area (Å²) in [5, 5.41) is 22.7. The molecule has 1 rings (SSSR count). The van der Waals surface area contributed by atoms with Crippen molar-refractivity contribution in [2.45, 2.75) is 13.8 Å². The Morgan fingerprint density at radius 3 is 2.58 bits per heavy atom. The standard InChI is InChI=1S/C12H17N3O4/c1-7(2)9(6-13)12(17)14-10-4-3-8(15(18)19)5-11(10)16/h3-5,7,9,16H,6,13H2,1-2H3,(H,14,17). The molecule has 0 aliphatic rings. The van der Waals surface area contributed by atoms with E-state index in [0.29, 0.717) is 0 Å². The summed E-state index contributed by atoms with van der Waals surface area (Å²) in [6.07, 6.45) is 0. The van der Waals surface area contributed by atoms with Crippen LogP contribution in [0.15, 0.2) is 18.2 Å². The summed E-state index contributed by atoms with van der Waals surface area (Å²) in [4.78, 5) is 21.8. The molecule has 0 saturated heterocycles. The molecule has 1 unspecified atom stereocenters. The molecule has 0 aliphatic heterocycles. The second-order valence-electron chi connectivity index (χ2n) is 4.53. The van der Waals surface area contributed by atoms with Crippen molar-refractivity contribution in [2.24, 2.45) is 17.6 Å². The van der Waals surface area contributed by atoms with Gasteiger partial charge in [0.2, 0.25) is 5.91 Å². The normalized spacial score (nSPS) is 12.2. The third-order valence-electron chi connectivity index (χ3n) is 2.85. The zero-order chi connectivity index (χ0) is 14.6. The van der Waals surface area contributed by atoms with Gasteiger partial charge in [0.25, 0.3) is 5.69 Å². The molecule has 0 heterocycles. The summed E-state index contributed by atoms with van der Waals surface area (Å²) in [5.41, 5.74) is 5.41. The zero-order valence-corrected chi connectivity index (χ0v) is 10.8. The minimum absolute atomic E-state index is 0.0604. The summed E-state index contributed by atoms with van der Waals surface area (Å²) >= 11 is 0. The molecule has 0 bridgehead atoms. The molecule has 7 nitrogen and oxygen atoms in total. The molecule has 0 aromatic heterocycles. The first-order chi connectivity index (χ1) is 8.86. The fourth-order valence-corrected chi connectivity index (χ4v) is 1.65. The highest BCUT2D eigenvalue weighted by Gasteiger charge is 2.21. The number of aromatic hydroxyl groups is 1. The summed E-state index contributed by atoms with van der Waals surface area (Å²) in [6.45, 7) is 3.93. The van der Waals surface area contributed by atoms with E-state index in [2.05, 4.69) is 5.32 Å². The van der Waals surface area contributed by atoms with E-state index in [1.54, 1.807) is 0 Å². The number of phenolic OH excluding ortho intramolecular Hbond substituents is 1. The lowest BCUT2D eigenvalue weighted by Crippen LogP contribution is -2.33. The van der Waals surface area contributed by atoms with Gasteiger partial charge in [-0.05, 0) is 12.0 Å². The van der Waals surface area contributed by atoms with Crippen LogP contribution in [0.4, 0.5) is 11.4 Å². The maximum atomic E-state index is 11.9. The number of nitro groups is 1. The number of nitrogens with zero attached hydrogens (tertiary/aromatic N) is 1. The average molecular weight is 267 g/mol. The molecule has 1 atom stereocenters. The molecule has 0 aliphatic carbocycles. The number of benzene rings is 1.